The molecule has 94 valence electrons. The lowest BCUT2D eigenvalue weighted by atomic mass is 10.1. The molecule has 2 N–H and O–H groups in total. The standard InChI is InChI=1S/C13H18ClNO2/c1-9(2)6-12(16)8-15-13(17)10-4-3-5-11(14)7-10/h3-5,7,9,12,16H,6,8H2,1-2H3,(H,15,17)/t12-/m1/s1. The Kier molecular flexibility index (Phi) is 5.45. The SMILES string of the molecule is CC(C)C[C@@H](O)CNC(=O)c1cccc(Cl)c1. The van der Waals surface area contributed by atoms with E-state index in [0.717, 1.165) is 0 Å². The Morgan fingerprint density at radius 1 is 1.47 bits per heavy atom. The number of amides is 1. The number of aliphatic hydroxyl groups excluding tert-OH is 1. The lowest BCUT2D eigenvalue weighted by Gasteiger charge is -2.13. The van der Waals surface area contributed by atoms with Crippen LogP contribution in [0.4, 0.5) is 0 Å². The van der Waals surface area contributed by atoms with E-state index in [0.29, 0.717) is 22.9 Å². The second kappa shape index (κ2) is 6.62. The zero-order valence-electron chi connectivity index (χ0n) is 10.1. The number of hydrogen-bond donors (Lipinski definition) is 2. The molecule has 0 aliphatic rings. The third-order valence-corrected chi connectivity index (χ3v) is 2.56. The summed E-state index contributed by atoms with van der Waals surface area (Å²) in [5.41, 5.74) is 0.509. The summed E-state index contributed by atoms with van der Waals surface area (Å²) in [6.07, 6.45) is 0.175. The normalized spacial score (nSPS) is 12.5. The maximum absolute atomic E-state index is 11.7. The first kappa shape index (κ1) is 14.0. The molecule has 1 atom stereocenters. The highest BCUT2D eigenvalue weighted by atomic mass is 35.5. The van der Waals surface area contributed by atoms with Crippen molar-refractivity contribution in [3.8, 4) is 0 Å². The molecule has 1 amide bonds. The molecule has 0 bridgehead atoms. The Morgan fingerprint density at radius 2 is 2.18 bits per heavy atom. The quantitative estimate of drug-likeness (QED) is 0.849. The Bertz CT molecular complexity index is 379. The van der Waals surface area contributed by atoms with Gasteiger partial charge in [-0.25, -0.2) is 0 Å². The van der Waals surface area contributed by atoms with Crippen LogP contribution in [0.3, 0.4) is 0 Å². The van der Waals surface area contributed by atoms with E-state index in [2.05, 4.69) is 5.32 Å². The number of carbonyl (C=O) groups excluding carboxylic acids is 1. The minimum Gasteiger partial charge on any atom is -0.391 e. The lowest BCUT2D eigenvalue weighted by molar-refractivity contribution is 0.0900. The lowest BCUT2D eigenvalue weighted by Crippen LogP contribution is -2.32. The highest BCUT2D eigenvalue weighted by molar-refractivity contribution is 6.30. The first-order valence-corrected chi connectivity index (χ1v) is 6.08. The van der Waals surface area contributed by atoms with E-state index in [-0.39, 0.29) is 12.5 Å². The van der Waals surface area contributed by atoms with E-state index < -0.39 is 6.10 Å². The molecule has 0 fully saturated rings. The molecule has 0 saturated carbocycles. The minimum atomic E-state index is -0.502. The van der Waals surface area contributed by atoms with Crippen LogP contribution in [0, 0.1) is 5.92 Å². The van der Waals surface area contributed by atoms with Crippen LogP contribution in [0.1, 0.15) is 30.6 Å². The highest BCUT2D eigenvalue weighted by Crippen LogP contribution is 2.10. The van der Waals surface area contributed by atoms with Gasteiger partial charge in [0.05, 0.1) is 6.10 Å². The summed E-state index contributed by atoms with van der Waals surface area (Å²) < 4.78 is 0. The third-order valence-electron chi connectivity index (χ3n) is 2.33. The molecule has 0 aliphatic carbocycles. The van der Waals surface area contributed by atoms with Gasteiger partial charge < -0.3 is 10.4 Å². The first-order valence-electron chi connectivity index (χ1n) is 5.71. The zero-order valence-corrected chi connectivity index (χ0v) is 10.9. The topological polar surface area (TPSA) is 49.3 Å². The maximum atomic E-state index is 11.7. The third kappa shape index (κ3) is 5.20. The van der Waals surface area contributed by atoms with Crippen LogP contribution < -0.4 is 5.32 Å². The molecule has 17 heavy (non-hydrogen) atoms. The summed E-state index contributed by atoms with van der Waals surface area (Å²) in [4.78, 5) is 11.7. The van der Waals surface area contributed by atoms with Crippen molar-refractivity contribution >= 4 is 17.5 Å². The van der Waals surface area contributed by atoms with Crippen LogP contribution in [-0.2, 0) is 0 Å². The van der Waals surface area contributed by atoms with Gasteiger partial charge in [0.1, 0.15) is 0 Å². The van der Waals surface area contributed by atoms with Gasteiger partial charge >= 0.3 is 0 Å². The number of hydrogen-bond acceptors (Lipinski definition) is 2. The van der Waals surface area contributed by atoms with Crippen LogP contribution in [0.25, 0.3) is 0 Å². The fourth-order valence-corrected chi connectivity index (χ4v) is 1.76. The Hall–Kier alpha value is -1.06. The molecule has 0 aromatic heterocycles. The van der Waals surface area contributed by atoms with Crippen molar-refractivity contribution in [1.82, 2.24) is 5.32 Å². The molecule has 1 aromatic rings. The molecule has 0 radical (unpaired) electrons. The fraction of sp³-hybridized carbons (Fsp3) is 0.462. The molecule has 0 unspecified atom stereocenters. The molecule has 1 aromatic carbocycles. The number of rotatable bonds is 5. The van der Waals surface area contributed by atoms with Crippen LogP contribution in [0.2, 0.25) is 5.02 Å². The van der Waals surface area contributed by atoms with E-state index in [9.17, 15) is 9.90 Å². The smallest absolute Gasteiger partial charge is 0.251 e. The van der Waals surface area contributed by atoms with Gasteiger partial charge in [-0.05, 0) is 30.5 Å². The van der Waals surface area contributed by atoms with Gasteiger partial charge in [-0.2, -0.15) is 0 Å². The molecule has 0 aliphatic heterocycles. The van der Waals surface area contributed by atoms with E-state index >= 15 is 0 Å². The number of nitrogens with one attached hydrogen (secondary N) is 1. The van der Waals surface area contributed by atoms with Crippen LogP contribution in [0.5, 0.6) is 0 Å². The van der Waals surface area contributed by atoms with Gasteiger partial charge in [0.25, 0.3) is 5.91 Å². The minimum absolute atomic E-state index is 0.213. The van der Waals surface area contributed by atoms with Crippen molar-refractivity contribution in [2.45, 2.75) is 26.4 Å². The summed E-state index contributed by atoms with van der Waals surface area (Å²) in [6, 6.07) is 6.73. The predicted molar refractivity (Wildman–Crippen MR) is 69.2 cm³/mol. The Morgan fingerprint density at radius 3 is 2.76 bits per heavy atom. The average Bonchev–Trinajstić information content (AvgIpc) is 2.25. The molecular formula is C13H18ClNO2. The van der Waals surface area contributed by atoms with Gasteiger partial charge in [-0.1, -0.05) is 31.5 Å². The van der Waals surface area contributed by atoms with Crippen molar-refractivity contribution in [3.05, 3.63) is 34.9 Å². The van der Waals surface area contributed by atoms with Crippen LogP contribution >= 0.6 is 11.6 Å². The van der Waals surface area contributed by atoms with Crippen molar-refractivity contribution in [2.75, 3.05) is 6.54 Å². The van der Waals surface area contributed by atoms with Gasteiger partial charge in [0.15, 0.2) is 0 Å². The summed E-state index contributed by atoms with van der Waals surface area (Å²) in [6.45, 7) is 4.33. The van der Waals surface area contributed by atoms with E-state index in [1.165, 1.54) is 0 Å². The predicted octanol–water partition coefficient (Wildman–Crippen LogP) is 2.48. The Labute approximate surface area is 107 Å². The monoisotopic (exact) mass is 255 g/mol. The highest BCUT2D eigenvalue weighted by Gasteiger charge is 2.10. The van der Waals surface area contributed by atoms with E-state index in [4.69, 9.17) is 11.6 Å². The van der Waals surface area contributed by atoms with Crippen molar-refractivity contribution in [3.63, 3.8) is 0 Å². The average molecular weight is 256 g/mol. The second-order valence-electron chi connectivity index (χ2n) is 4.50. The summed E-state index contributed by atoms with van der Waals surface area (Å²) in [7, 11) is 0. The zero-order chi connectivity index (χ0) is 12.8. The van der Waals surface area contributed by atoms with Gasteiger partial charge in [-0.3, -0.25) is 4.79 Å². The van der Waals surface area contributed by atoms with Gasteiger partial charge in [0, 0.05) is 17.1 Å². The van der Waals surface area contributed by atoms with Gasteiger partial charge in [0.2, 0.25) is 0 Å². The van der Waals surface area contributed by atoms with Gasteiger partial charge in [-0.15, -0.1) is 0 Å². The van der Waals surface area contributed by atoms with Crippen molar-refractivity contribution in [1.29, 1.82) is 0 Å². The van der Waals surface area contributed by atoms with Crippen LogP contribution in [0.15, 0.2) is 24.3 Å². The maximum Gasteiger partial charge on any atom is 0.251 e. The van der Waals surface area contributed by atoms with Crippen molar-refractivity contribution < 1.29 is 9.90 Å². The number of carbonyl (C=O) groups is 1. The largest absolute Gasteiger partial charge is 0.391 e. The molecule has 0 heterocycles. The molecular weight excluding hydrogens is 238 g/mol. The summed E-state index contributed by atoms with van der Waals surface area (Å²) in [5, 5.41) is 12.8. The van der Waals surface area contributed by atoms with E-state index in [1.54, 1.807) is 24.3 Å². The number of halogens is 1. The first-order chi connectivity index (χ1) is 7.99. The van der Waals surface area contributed by atoms with Crippen LogP contribution in [-0.4, -0.2) is 23.7 Å². The van der Waals surface area contributed by atoms with Crippen molar-refractivity contribution in [2.24, 2.45) is 5.92 Å². The molecule has 0 spiro atoms. The Balaban J connectivity index is 2.45. The fourth-order valence-electron chi connectivity index (χ4n) is 1.57. The second-order valence-corrected chi connectivity index (χ2v) is 4.94. The molecule has 3 nitrogen and oxygen atoms in total. The molecule has 1 rings (SSSR count). The number of benzene rings is 1. The molecule has 4 heteroatoms. The van der Waals surface area contributed by atoms with E-state index in [1.807, 2.05) is 13.8 Å². The number of aliphatic hydroxyl groups is 1. The summed E-state index contributed by atoms with van der Waals surface area (Å²) in [5.74, 6) is 0.198. The molecule has 0 saturated heterocycles. The summed E-state index contributed by atoms with van der Waals surface area (Å²) >= 11 is 5.79.